The fourth-order valence-corrected chi connectivity index (χ4v) is 2.92. The third kappa shape index (κ3) is 6.12. The van der Waals surface area contributed by atoms with Crippen LogP contribution in [-0.4, -0.2) is 59.3 Å². The van der Waals surface area contributed by atoms with Crippen LogP contribution >= 0.6 is 0 Å². The Morgan fingerprint density at radius 2 is 1.77 bits per heavy atom. The summed E-state index contributed by atoms with van der Waals surface area (Å²) in [7, 11) is 0. The van der Waals surface area contributed by atoms with Crippen LogP contribution in [0.1, 0.15) is 31.2 Å². The highest BCUT2D eigenvalue weighted by atomic mass is 16.5. The minimum Gasteiger partial charge on any atom is -0.378 e. The van der Waals surface area contributed by atoms with Gasteiger partial charge in [0.15, 0.2) is 5.82 Å². The van der Waals surface area contributed by atoms with Crippen molar-refractivity contribution < 1.29 is 9.47 Å². The molecular weight excluding hydrogens is 382 g/mol. The van der Waals surface area contributed by atoms with E-state index in [0.717, 1.165) is 17.3 Å². The lowest BCUT2D eigenvalue weighted by molar-refractivity contribution is 0.0547. The van der Waals surface area contributed by atoms with E-state index in [1.807, 2.05) is 28.8 Å². The second-order valence-electron chi connectivity index (χ2n) is 7.17. The summed E-state index contributed by atoms with van der Waals surface area (Å²) in [5, 5.41) is 20.1. The monoisotopic (exact) mass is 413 g/mol. The molecule has 0 amide bonds. The summed E-state index contributed by atoms with van der Waals surface area (Å²) in [4.78, 5) is 0. The number of nitrogens with zero attached hydrogens (tertiary/aromatic N) is 4. The fourth-order valence-electron chi connectivity index (χ4n) is 2.92. The van der Waals surface area contributed by atoms with Crippen molar-refractivity contribution >= 4 is 17.2 Å². The van der Waals surface area contributed by atoms with Crippen LogP contribution in [0.5, 0.6) is 0 Å². The van der Waals surface area contributed by atoms with Crippen molar-refractivity contribution in [2.24, 2.45) is 5.73 Å². The molecule has 0 radical (unpaired) electrons. The van der Waals surface area contributed by atoms with Crippen LogP contribution in [0.15, 0.2) is 36.4 Å². The number of benzene rings is 1. The molecule has 0 bridgehead atoms. The summed E-state index contributed by atoms with van der Waals surface area (Å²) in [6.07, 6.45) is 0. The smallest absolute Gasteiger partial charge is 0.201 e. The molecule has 30 heavy (non-hydrogen) atoms. The van der Waals surface area contributed by atoms with Crippen molar-refractivity contribution in [1.82, 2.24) is 19.8 Å². The molecule has 0 aliphatic heterocycles. The normalized spacial score (nSPS) is 11.3. The predicted octanol–water partition coefficient (Wildman–Crippen LogP) is 2.26. The van der Waals surface area contributed by atoms with Gasteiger partial charge in [0.25, 0.3) is 0 Å². The first-order valence-corrected chi connectivity index (χ1v) is 10.3. The second kappa shape index (κ2) is 11.4. The maximum absolute atomic E-state index is 5.57. The van der Waals surface area contributed by atoms with Crippen molar-refractivity contribution in [1.29, 1.82) is 0 Å². The largest absolute Gasteiger partial charge is 0.378 e. The molecule has 3 aromatic rings. The molecule has 0 spiro atoms. The zero-order valence-electron chi connectivity index (χ0n) is 17.7. The molecule has 0 saturated carbocycles. The second-order valence-corrected chi connectivity index (χ2v) is 7.17. The first-order chi connectivity index (χ1) is 14.7. The minimum absolute atomic E-state index is 0.210. The summed E-state index contributed by atoms with van der Waals surface area (Å²) >= 11 is 0. The fraction of sp³-hybridized carbons (Fsp3) is 0.476. The molecule has 4 N–H and O–H groups in total. The maximum Gasteiger partial charge on any atom is 0.201 e. The first kappa shape index (κ1) is 21.9. The van der Waals surface area contributed by atoms with E-state index in [4.69, 9.17) is 15.2 Å². The van der Waals surface area contributed by atoms with E-state index >= 15 is 0 Å². The Morgan fingerprint density at radius 3 is 2.50 bits per heavy atom. The number of fused-ring (bicyclic) bond motifs is 1. The third-order valence-corrected chi connectivity index (χ3v) is 4.42. The van der Waals surface area contributed by atoms with Gasteiger partial charge in [0.05, 0.1) is 32.1 Å². The Labute approximate surface area is 177 Å². The van der Waals surface area contributed by atoms with E-state index in [0.29, 0.717) is 51.7 Å². The van der Waals surface area contributed by atoms with Gasteiger partial charge in [-0.25, -0.2) is 0 Å². The van der Waals surface area contributed by atoms with Crippen LogP contribution in [0.4, 0.5) is 11.5 Å². The Balaban J connectivity index is 1.65. The molecular formula is C21H31N7O2. The van der Waals surface area contributed by atoms with Gasteiger partial charge in [-0.05, 0) is 5.56 Å². The minimum atomic E-state index is 0.210. The van der Waals surface area contributed by atoms with Crippen LogP contribution in [0.25, 0.3) is 5.65 Å². The van der Waals surface area contributed by atoms with Gasteiger partial charge in [-0.1, -0.05) is 44.2 Å². The molecule has 1 aromatic carbocycles. The highest BCUT2D eigenvalue weighted by Gasteiger charge is 2.15. The number of nitrogens with one attached hydrogen (secondary N) is 2. The Hall–Kier alpha value is -2.75. The molecule has 0 fully saturated rings. The molecule has 0 saturated heterocycles. The van der Waals surface area contributed by atoms with E-state index in [1.54, 1.807) is 0 Å². The lowest BCUT2D eigenvalue weighted by atomic mass is 10.2. The van der Waals surface area contributed by atoms with Gasteiger partial charge in [0.2, 0.25) is 5.65 Å². The maximum atomic E-state index is 5.57. The van der Waals surface area contributed by atoms with Crippen LogP contribution < -0.4 is 16.4 Å². The SMILES string of the molecule is CC(C)c1nnc2c(NCc3ccccc3)cc(NCCOCCOCCN)nn12. The average molecular weight is 414 g/mol. The molecule has 2 heterocycles. The van der Waals surface area contributed by atoms with Crippen LogP contribution in [0.3, 0.4) is 0 Å². The van der Waals surface area contributed by atoms with Crippen molar-refractivity contribution in [3.05, 3.63) is 47.8 Å². The van der Waals surface area contributed by atoms with Gasteiger partial charge >= 0.3 is 0 Å². The molecule has 162 valence electrons. The third-order valence-electron chi connectivity index (χ3n) is 4.42. The first-order valence-electron chi connectivity index (χ1n) is 10.3. The lowest BCUT2D eigenvalue weighted by Gasteiger charge is -2.12. The average Bonchev–Trinajstić information content (AvgIpc) is 3.19. The molecule has 9 nitrogen and oxygen atoms in total. The molecule has 0 unspecified atom stereocenters. The topological polar surface area (TPSA) is 112 Å². The Bertz CT molecular complexity index is 899. The zero-order valence-corrected chi connectivity index (χ0v) is 17.7. The van der Waals surface area contributed by atoms with Gasteiger partial charge in [0.1, 0.15) is 5.82 Å². The van der Waals surface area contributed by atoms with E-state index in [1.165, 1.54) is 5.56 Å². The van der Waals surface area contributed by atoms with Gasteiger partial charge in [-0.2, -0.15) is 4.52 Å². The van der Waals surface area contributed by atoms with Gasteiger partial charge in [-0.15, -0.1) is 15.3 Å². The van der Waals surface area contributed by atoms with E-state index in [2.05, 4.69) is 51.9 Å². The molecule has 0 atom stereocenters. The lowest BCUT2D eigenvalue weighted by Crippen LogP contribution is -2.16. The summed E-state index contributed by atoms with van der Waals surface area (Å²) in [5.74, 6) is 1.77. The standard InChI is InChI=1S/C21H31N7O2/c1-16(2)20-25-26-21-18(24-15-17-6-4-3-5-7-17)14-19(27-28(20)21)23-9-11-30-13-12-29-10-8-22/h3-7,14,16,24H,8-13,15,22H2,1-2H3,(H,23,27). The van der Waals surface area contributed by atoms with Gasteiger partial charge < -0.3 is 25.8 Å². The predicted molar refractivity (Wildman–Crippen MR) is 118 cm³/mol. The van der Waals surface area contributed by atoms with Crippen LogP contribution in [0, 0.1) is 0 Å². The quantitative estimate of drug-likeness (QED) is 0.366. The van der Waals surface area contributed by atoms with Crippen LogP contribution in [0.2, 0.25) is 0 Å². The van der Waals surface area contributed by atoms with E-state index in [9.17, 15) is 0 Å². The number of hydrogen-bond acceptors (Lipinski definition) is 8. The van der Waals surface area contributed by atoms with Crippen molar-refractivity contribution in [3.63, 3.8) is 0 Å². The number of ether oxygens (including phenoxy) is 2. The Kier molecular flexibility index (Phi) is 8.37. The summed E-state index contributed by atoms with van der Waals surface area (Å²) in [6, 6.07) is 12.2. The van der Waals surface area contributed by atoms with Crippen LogP contribution in [-0.2, 0) is 16.0 Å². The molecule has 3 rings (SSSR count). The molecule has 9 heteroatoms. The number of anilines is 2. The number of hydrogen-bond donors (Lipinski definition) is 3. The van der Waals surface area contributed by atoms with Crippen molar-refractivity contribution in [2.45, 2.75) is 26.3 Å². The van der Waals surface area contributed by atoms with E-state index < -0.39 is 0 Å². The number of aromatic nitrogens is 4. The highest BCUT2D eigenvalue weighted by molar-refractivity contribution is 5.70. The summed E-state index contributed by atoms with van der Waals surface area (Å²) < 4.78 is 12.7. The van der Waals surface area contributed by atoms with Gasteiger partial charge in [-0.3, -0.25) is 0 Å². The van der Waals surface area contributed by atoms with E-state index in [-0.39, 0.29) is 5.92 Å². The highest BCUT2D eigenvalue weighted by Crippen LogP contribution is 2.22. The Morgan fingerprint density at radius 1 is 1.00 bits per heavy atom. The molecule has 0 aliphatic rings. The summed E-state index contributed by atoms with van der Waals surface area (Å²) in [6.45, 7) is 8.21. The zero-order chi connectivity index (χ0) is 21.2. The summed E-state index contributed by atoms with van der Waals surface area (Å²) in [5.41, 5.74) is 8.17. The number of nitrogens with two attached hydrogens (primary N) is 1. The molecule has 0 aliphatic carbocycles. The van der Waals surface area contributed by atoms with Crippen molar-refractivity contribution in [3.8, 4) is 0 Å². The van der Waals surface area contributed by atoms with Crippen molar-refractivity contribution in [2.75, 3.05) is 50.2 Å². The van der Waals surface area contributed by atoms with Gasteiger partial charge in [0, 0.05) is 31.6 Å². The number of rotatable bonds is 13. The molecule has 2 aromatic heterocycles.